The number of amides is 1. The zero-order valence-corrected chi connectivity index (χ0v) is 16.5. The molecule has 0 fully saturated rings. The molecule has 2 N–H and O–H groups in total. The summed E-state index contributed by atoms with van der Waals surface area (Å²) >= 11 is 0.947. The van der Waals surface area contributed by atoms with Crippen molar-refractivity contribution in [3.8, 4) is 11.5 Å². The molecule has 0 aliphatic rings. The van der Waals surface area contributed by atoms with Crippen LogP contribution < -0.4 is 14.8 Å². The molecule has 0 saturated carbocycles. The van der Waals surface area contributed by atoms with E-state index in [2.05, 4.69) is 10.2 Å². The van der Waals surface area contributed by atoms with Gasteiger partial charge in [0.25, 0.3) is 0 Å². The molecular formula is C20H23NO6S. The average Bonchev–Trinajstić information content (AvgIpc) is 2.74. The molecule has 0 bridgehead atoms. The van der Waals surface area contributed by atoms with Crippen molar-refractivity contribution in [1.82, 2.24) is 5.32 Å². The Balaban J connectivity index is 1.97. The summed E-state index contributed by atoms with van der Waals surface area (Å²) in [4.78, 5) is 27.1. The van der Waals surface area contributed by atoms with Gasteiger partial charge in [-0.2, -0.15) is 0 Å². The average molecular weight is 405 g/mol. The van der Waals surface area contributed by atoms with Crippen molar-refractivity contribution >= 4 is 23.3 Å². The Kier molecular flexibility index (Phi) is 8.80. The van der Waals surface area contributed by atoms with Crippen LogP contribution in [0.5, 0.6) is 11.5 Å². The van der Waals surface area contributed by atoms with Gasteiger partial charge in [0.1, 0.15) is 18.1 Å². The lowest BCUT2D eigenvalue weighted by atomic mass is 10.1. The predicted molar refractivity (Wildman–Crippen MR) is 107 cm³/mol. The van der Waals surface area contributed by atoms with Gasteiger partial charge >= 0.3 is 0 Å². The van der Waals surface area contributed by atoms with Gasteiger partial charge in [-0.3, -0.25) is 14.8 Å². The highest BCUT2D eigenvalue weighted by atomic mass is 32.2. The van der Waals surface area contributed by atoms with Crippen LogP contribution in [0.25, 0.3) is 0 Å². The number of ether oxygens (including phenoxy) is 2. The predicted octanol–water partition coefficient (Wildman–Crippen LogP) is 2.89. The van der Waals surface area contributed by atoms with E-state index in [9.17, 15) is 14.8 Å². The fourth-order valence-electron chi connectivity index (χ4n) is 2.57. The Hall–Kier alpha value is -2.55. The summed E-state index contributed by atoms with van der Waals surface area (Å²) in [6.45, 7) is 0.102. The van der Waals surface area contributed by atoms with E-state index in [4.69, 9.17) is 9.47 Å². The maximum Gasteiger partial charge on any atom is 0.233 e. The Morgan fingerprint density at radius 2 is 1.96 bits per heavy atom. The van der Waals surface area contributed by atoms with Crippen LogP contribution in [0.1, 0.15) is 17.2 Å². The molecule has 7 nitrogen and oxygen atoms in total. The lowest BCUT2D eigenvalue weighted by Gasteiger charge is -2.16. The fourth-order valence-corrected chi connectivity index (χ4v) is 3.23. The van der Waals surface area contributed by atoms with Crippen LogP contribution >= 0.6 is 11.8 Å². The number of rotatable bonds is 11. The second-order valence-electron chi connectivity index (χ2n) is 5.86. The van der Waals surface area contributed by atoms with Crippen LogP contribution in [0.2, 0.25) is 0 Å². The molecule has 150 valence electrons. The number of hydrogen-bond acceptors (Lipinski definition) is 7. The smallest absolute Gasteiger partial charge is 0.233 e. The van der Waals surface area contributed by atoms with E-state index >= 15 is 0 Å². The molecular weight excluding hydrogens is 382 g/mol. The van der Waals surface area contributed by atoms with Crippen molar-refractivity contribution < 1.29 is 29.2 Å². The van der Waals surface area contributed by atoms with Gasteiger partial charge in [-0.25, -0.2) is 4.89 Å². The normalized spacial score (nSPS) is 12.7. The molecule has 0 aromatic heterocycles. The Labute approximate surface area is 167 Å². The first kappa shape index (κ1) is 21.7. The lowest BCUT2D eigenvalue weighted by Crippen LogP contribution is -2.31. The summed E-state index contributed by atoms with van der Waals surface area (Å²) in [5, 5.41) is 11.3. The van der Waals surface area contributed by atoms with Crippen LogP contribution in [-0.4, -0.2) is 42.8 Å². The minimum atomic E-state index is -0.670. The van der Waals surface area contributed by atoms with Gasteiger partial charge in [0.2, 0.25) is 5.91 Å². The highest BCUT2D eigenvalue weighted by Crippen LogP contribution is 2.23. The number of carbonyl (C=O) groups is 2. The second kappa shape index (κ2) is 11.3. The van der Waals surface area contributed by atoms with Crippen molar-refractivity contribution in [1.29, 1.82) is 0 Å². The highest BCUT2D eigenvalue weighted by molar-refractivity contribution is 8.13. The number of hydrogen-bond donors (Lipinski definition) is 2. The summed E-state index contributed by atoms with van der Waals surface area (Å²) in [6.07, 6.45) is -0.244. The molecule has 0 aliphatic heterocycles. The van der Waals surface area contributed by atoms with E-state index in [1.165, 1.54) is 0 Å². The third kappa shape index (κ3) is 6.26. The molecule has 0 aliphatic carbocycles. The third-order valence-electron chi connectivity index (χ3n) is 4.10. The Bertz CT molecular complexity index is 768. The van der Waals surface area contributed by atoms with E-state index < -0.39 is 11.4 Å². The molecule has 2 unspecified atom stereocenters. The summed E-state index contributed by atoms with van der Waals surface area (Å²) in [5.74, 6) is 1.05. The van der Waals surface area contributed by atoms with E-state index in [0.29, 0.717) is 23.5 Å². The van der Waals surface area contributed by atoms with Crippen LogP contribution in [0.3, 0.4) is 0 Å². The first-order valence-corrected chi connectivity index (χ1v) is 9.52. The zero-order chi connectivity index (χ0) is 20.4. The number of methoxy groups -OCH3 is 1. The van der Waals surface area contributed by atoms with Crippen LogP contribution in [0.4, 0.5) is 0 Å². The van der Waals surface area contributed by atoms with Crippen LogP contribution in [-0.2, 0) is 20.9 Å². The van der Waals surface area contributed by atoms with E-state index in [1.54, 1.807) is 50.6 Å². The lowest BCUT2D eigenvalue weighted by molar-refractivity contribution is -0.286. The van der Waals surface area contributed by atoms with Crippen molar-refractivity contribution in [3.63, 3.8) is 0 Å². The maximum absolute atomic E-state index is 11.8. The second-order valence-corrected chi connectivity index (χ2v) is 6.90. The van der Waals surface area contributed by atoms with Crippen molar-refractivity contribution in [3.05, 3.63) is 59.7 Å². The van der Waals surface area contributed by atoms with E-state index in [1.807, 2.05) is 12.1 Å². The third-order valence-corrected chi connectivity index (χ3v) is 4.92. The molecule has 2 atom stereocenters. The number of nitrogens with one attached hydrogen (secondary N) is 1. The van der Waals surface area contributed by atoms with Gasteiger partial charge in [0.15, 0.2) is 11.7 Å². The molecule has 2 aromatic rings. The largest absolute Gasteiger partial charge is 0.497 e. The topological polar surface area (TPSA) is 94.1 Å². The van der Waals surface area contributed by atoms with Crippen LogP contribution in [0, 0.1) is 0 Å². The Morgan fingerprint density at radius 1 is 1.21 bits per heavy atom. The first-order valence-electron chi connectivity index (χ1n) is 8.57. The molecule has 0 radical (unpaired) electrons. The molecule has 28 heavy (non-hydrogen) atoms. The standard InChI is InChI=1S/C20H23NO6S/c1-21-20(23)19(28-13-22)10-14-6-8-16(9-7-14)26-12-18(27-24)15-4-3-5-17(11-15)25-2/h3-9,11,13,18-19,24H,10,12H2,1-2H3,(H,21,23). The van der Waals surface area contributed by atoms with Gasteiger partial charge in [0.05, 0.1) is 12.4 Å². The van der Waals surface area contributed by atoms with Crippen LogP contribution in [0.15, 0.2) is 48.5 Å². The van der Waals surface area contributed by atoms with Gasteiger partial charge in [-0.1, -0.05) is 36.0 Å². The van der Waals surface area contributed by atoms with Gasteiger partial charge in [0, 0.05) is 7.05 Å². The fraction of sp³-hybridized carbons (Fsp3) is 0.300. The minimum absolute atomic E-state index is 0.102. The van der Waals surface area contributed by atoms with Crippen molar-refractivity contribution in [2.75, 3.05) is 20.8 Å². The molecule has 8 heteroatoms. The number of thioether (sulfide) groups is 1. The number of benzene rings is 2. The monoisotopic (exact) mass is 405 g/mol. The summed E-state index contributed by atoms with van der Waals surface area (Å²) in [7, 11) is 3.11. The molecule has 0 saturated heterocycles. The summed E-state index contributed by atoms with van der Waals surface area (Å²) in [5.41, 5.74) is 2.29. The van der Waals surface area contributed by atoms with Gasteiger partial charge in [-0.05, 0) is 41.8 Å². The molecule has 0 spiro atoms. The van der Waals surface area contributed by atoms with Crippen molar-refractivity contribution in [2.45, 2.75) is 17.8 Å². The highest BCUT2D eigenvalue weighted by Gasteiger charge is 2.18. The van der Waals surface area contributed by atoms with E-state index in [-0.39, 0.29) is 12.5 Å². The first-order chi connectivity index (χ1) is 13.6. The molecule has 0 heterocycles. The Morgan fingerprint density at radius 3 is 2.57 bits per heavy atom. The quantitative estimate of drug-likeness (QED) is 0.337. The number of carbonyl (C=O) groups excluding carboxylic acids is 2. The maximum atomic E-state index is 11.8. The van der Waals surface area contributed by atoms with Crippen molar-refractivity contribution in [2.24, 2.45) is 0 Å². The summed E-state index contributed by atoms with van der Waals surface area (Å²) < 4.78 is 10.9. The van der Waals surface area contributed by atoms with Gasteiger partial charge < -0.3 is 14.8 Å². The van der Waals surface area contributed by atoms with Gasteiger partial charge in [-0.15, -0.1) is 0 Å². The SMILES string of the molecule is CNC(=O)C(Cc1ccc(OCC(OO)c2cccc(OC)c2)cc1)SC=O. The molecule has 2 rings (SSSR count). The van der Waals surface area contributed by atoms with E-state index in [0.717, 1.165) is 22.9 Å². The molecule has 1 amide bonds. The summed E-state index contributed by atoms with van der Waals surface area (Å²) in [6, 6.07) is 14.4. The molecule has 2 aromatic carbocycles. The minimum Gasteiger partial charge on any atom is -0.497 e. The zero-order valence-electron chi connectivity index (χ0n) is 15.7.